The minimum Gasteiger partial charge on any atom is -0.379 e. The van der Waals surface area contributed by atoms with Crippen molar-refractivity contribution in [2.24, 2.45) is 0 Å². The Morgan fingerprint density at radius 1 is 1.43 bits per heavy atom. The van der Waals surface area contributed by atoms with Crippen LogP contribution in [-0.2, 0) is 4.74 Å². The first-order valence-electron chi connectivity index (χ1n) is 5.41. The number of morpholine rings is 1. The molecule has 1 saturated heterocycles. The van der Waals surface area contributed by atoms with E-state index in [9.17, 15) is 0 Å². The van der Waals surface area contributed by atoms with Gasteiger partial charge < -0.3 is 10.1 Å². The van der Waals surface area contributed by atoms with Crippen LogP contribution in [0.4, 0.5) is 0 Å². The fourth-order valence-corrected chi connectivity index (χ4v) is 1.74. The van der Waals surface area contributed by atoms with Crippen molar-refractivity contribution in [3.63, 3.8) is 0 Å². The molecule has 2 unspecified atom stereocenters. The Morgan fingerprint density at radius 2 is 2.07 bits per heavy atom. The van der Waals surface area contributed by atoms with Crippen molar-refractivity contribution in [1.82, 2.24) is 10.2 Å². The molecule has 0 spiro atoms. The van der Waals surface area contributed by atoms with E-state index < -0.39 is 0 Å². The van der Waals surface area contributed by atoms with E-state index in [-0.39, 0.29) is 0 Å². The summed E-state index contributed by atoms with van der Waals surface area (Å²) in [6.45, 7) is 13.1. The molecule has 0 saturated carbocycles. The summed E-state index contributed by atoms with van der Waals surface area (Å²) in [6.07, 6.45) is 1.94. The number of nitrogens with zero attached hydrogens (tertiary/aromatic N) is 1. The van der Waals surface area contributed by atoms with Gasteiger partial charge in [-0.15, -0.1) is 6.58 Å². The van der Waals surface area contributed by atoms with Crippen molar-refractivity contribution in [2.75, 3.05) is 32.8 Å². The van der Waals surface area contributed by atoms with Crippen LogP contribution in [0, 0.1) is 0 Å². The Bertz CT molecular complexity index is 167. The van der Waals surface area contributed by atoms with E-state index in [1.54, 1.807) is 0 Å². The molecule has 1 aliphatic heterocycles. The average Bonchev–Trinajstić information content (AvgIpc) is 2.19. The van der Waals surface area contributed by atoms with Crippen molar-refractivity contribution < 1.29 is 4.74 Å². The Hall–Kier alpha value is -0.380. The molecule has 1 rings (SSSR count). The number of hydrogen-bond acceptors (Lipinski definition) is 3. The van der Waals surface area contributed by atoms with E-state index in [1.807, 2.05) is 6.08 Å². The summed E-state index contributed by atoms with van der Waals surface area (Å²) < 4.78 is 5.31. The van der Waals surface area contributed by atoms with Crippen molar-refractivity contribution in [3.8, 4) is 0 Å². The maximum Gasteiger partial charge on any atom is 0.0594 e. The first-order valence-corrected chi connectivity index (χ1v) is 5.41. The molecular weight excluding hydrogens is 176 g/mol. The second kappa shape index (κ2) is 6.17. The van der Waals surface area contributed by atoms with Crippen LogP contribution in [0.1, 0.15) is 13.8 Å². The molecule has 0 amide bonds. The standard InChI is InChI=1S/C11H22N2O/c1-4-10(2)12-11(3)9-13-5-7-14-8-6-13/h4,10-12H,1,5-9H2,2-3H3. The van der Waals surface area contributed by atoms with Gasteiger partial charge in [-0.25, -0.2) is 0 Å². The quantitative estimate of drug-likeness (QED) is 0.663. The lowest BCUT2D eigenvalue weighted by molar-refractivity contribution is 0.0342. The van der Waals surface area contributed by atoms with E-state index in [2.05, 4.69) is 30.6 Å². The summed E-state index contributed by atoms with van der Waals surface area (Å²) in [5, 5.41) is 3.48. The number of ether oxygens (including phenoxy) is 1. The molecule has 1 heterocycles. The molecule has 0 radical (unpaired) electrons. The van der Waals surface area contributed by atoms with Crippen molar-refractivity contribution in [2.45, 2.75) is 25.9 Å². The van der Waals surface area contributed by atoms with Crippen molar-refractivity contribution >= 4 is 0 Å². The van der Waals surface area contributed by atoms with Gasteiger partial charge in [0, 0.05) is 31.7 Å². The highest BCUT2D eigenvalue weighted by atomic mass is 16.5. The molecule has 0 aromatic carbocycles. The second-order valence-corrected chi connectivity index (χ2v) is 4.01. The van der Waals surface area contributed by atoms with Crippen molar-refractivity contribution in [1.29, 1.82) is 0 Å². The highest BCUT2D eigenvalue weighted by Crippen LogP contribution is 1.99. The average molecular weight is 198 g/mol. The summed E-state index contributed by atoms with van der Waals surface area (Å²) in [7, 11) is 0. The van der Waals surface area contributed by atoms with Crippen molar-refractivity contribution in [3.05, 3.63) is 12.7 Å². The van der Waals surface area contributed by atoms with Gasteiger partial charge in [-0.05, 0) is 13.8 Å². The summed E-state index contributed by atoms with van der Waals surface area (Å²) >= 11 is 0. The van der Waals surface area contributed by atoms with Gasteiger partial charge in [-0.2, -0.15) is 0 Å². The zero-order chi connectivity index (χ0) is 10.4. The minimum atomic E-state index is 0.394. The zero-order valence-corrected chi connectivity index (χ0v) is 9.33. The fraction of sp³-hybridized carbons (Fsp3) is 0.818. The molecule has 1 fully saturated rings. The number of rotatable bonds is 5. The van der Waals surface area contributed by atoms with Gasteiger partial charge in [0.25, 0.3) is 0 Å². The van der Waals surface area contributed by atoms with Gasteiger partial charge in [0.1, 0.15) is 0 Å². The van der Waals surface area contributed by atoms with Gasteiger partial charge in [-0.3, -0.25) is 4.90 Å². The highest BCUT2D eigenvalue weighted by Gasteiger charge is 2.13. The molecular formula is C11H22N2O. The fourth-order valence-electron chi connectivity index (χ4n) is 1.74. The van der Waals surface area contributed by atoms with Crippen LogP contribution in [0.25, 0.3) is 0 Å². The van der Waals surface area contributed by atoms with Crippen LogP contribution in [0.5, 0.6) is 0 Å². The van der Waals surface area contributed by atoms with Gasteiger partial charge in [0.05, 0.1) is 13.2 Å². The maximum absolute atomic E-state index is 5.31. The lowest BCUT2D eigenvalue weighted by Gasteiger charge is -2.30. The molecule has 0 aromatic heterocycles. The lowest BCUT2D eigenvalue weighted by atomic mass is 10.2. The van der Waals surface area contributed by atoms with E-state index in [0.29, 0.717) is 12.1 Å². The molecule has 0 aromatic rings. The third kappa shape index (κ3) is 4.22. The highest BCUT2D eigenvalue weighted by molar-refractivity contribution is 4.84. The van der Waals surface area contributed by atoms with E-state index in [4.69, 9.17) is 4.74 Å². The normalized spacial score (nSPS) is 23.0. The largest absolute Gasteiger partial charge is 0.379 e. The molecule has 1 N–H and O–H groups in total. The molecule has 1 aliphatic rings. The van der Waals surface area contributed by atoms with Crippen LogP contribution in [0.3, 0.4) is 0 Å². The van der Waals surface area contributed by atoms with Gasteiger partial charge in [0.2, 0.25) is 0 Å². The van der Waals surface area contributed by atoms with Gasteiger partial charge >= 0.3 is 0 Å². The molecule has 2 atom stereocenters. The number of nitrogens with one attached hydrogen (secondary N) is 1. The van der Waals surface area contributed by atoms with Crippen LogP contribution in [0.2, 0.25) is 0 Å². The Morgan fingerprint density at radius 3 is 2.64 bits per heavy atom. The molecule has 3 nitrogen and oxygen atoms in total. The molecule has 82 valence electrons. The van der Waals surface area contributed by atoms with Gasteiger partial charge in [0.15, 0.2) is 0 Å². The summed E-state index contributed by atoms with van der Waals surface area (Å²) in [5.74, 6) is 0. The first kappa shape index (κ1) is 11.7. The SMILES string of the molecule is C=CC(C)NC(C)CN1CCOCC1. The van der Waals surface area contributed by atoms with Crippen LogP contribution >= 0.6 is 0 Å². The van der Waals surface area contributed by atoms with E-state index in [1.165, 1.54) is 0 Å². The number of hydrogen-bond donors (Lipinski definition) is 1. The minimum absolute atomic E-state index is 0.394. The van der Waals surface area contributed by atoms with Gasteiger partial charge in [-0.1, -0.05) is 6.08 Å². The van der Waals surface area contributed by atoms with Crippen LogP contribution in [-0.4, -0.2) is 49.8 Å². The topological polar surface area (TPSA) is 24.5 Å². The molecule has 0 bridgehead atoms. The Balaban J connectivity index is 2.17. The van der Waals surface area contributed by atoms with E-state index >= 15 is 0 Å². The molecule has 3 heteroatoms. The van der Waals surface area contributed by atoms with Crippen LogP contribution in [0.15, 0.2) is 12.7 Å². The van der Waals surface area contributed by atoms with Crippen LogP contribution < -0.4 is 5.32 Å². The predicted octanol–water partition coefficient (Wildman–Crippen LogP) is 0.871. The third-order valence-electron chi connectivity index (χ3n) is 2.54. The zero-order valence-electron chi connectivity index (χ0n) is 9.33. The molecule has 14 heavy (non-hydrogen) atoms. The third-order valence-corrected chi connectivity index (χ3v) is 2.54. The summed E-state index contributed by atoms with van der Waals surface area (Å²) in [4.78, 5) is 2.44. The Labute approximate surface area is 87.1 Å². The second-order valence-electron chi connectivity index (χ2n) is 4.01. The van der Waals surface area contributed by atoms with E-state index in [0.717, 1.165) is 32.8 Å². The smallest absolute Gasteiger partial charge is 0.0594 e. The maximum atomic E-state index is 5.31. The first-order chi connectivity index (χ1) is 6.72. The summed E-state index contributed by atoms with van der Waals surface area (Å²) in [5.41, 5.74) is 0. The predicted molar refractivity (Wildman–Crippen MR) is 59.5 cm³/mol. The summed E-state index contributed by atoms with van der Waals surface area (Å²) in [6, 6.07) is 0.909. The molecule has 0 aliphatic carbocycles. The monoisotopic (exact) mass is 198 g/mol. The Kier molecular flexibility index (Phi) is 5.15. The lowest BCUT2D eigenvalue weighted by Crippen LogP contribution is -2.46.